The van der Waals surface area contributed by atoms with E-state index in [1.54, 1.807) is 25.0 Å². The predicted octanol–water partition coefficient (Wildman–Crippen LogP) is 3.89. The largest absolute Gasteiger partial charge is 0.496 e. The molecule has 9 nitrogen and oxygen atoms in total. The molecule has 0 aliphatic carbocycles. The highest BCUT2D eigenvalue weighted by molar-refractivity contribution is 5.98. The van der Waals surface area contributed by atoms with Crippen molar-refractivity contribution in [1.82, 2.24) is 15.1 Å². The molecule has 0 saturated heterocycles. The van der Waals surface area contributed by atoms with Crippen molar-refractivity contribution in [3.05, 3.63) is 30.0 Å². The zero-order valence-electron chi connectivity index (χ0n) is 21.7. The molecule has 0 aliphatic heterocycles. The Hall–Kier alpha value is -3.36. The molecule has 1 aromatic heterocycles. The summed E-state index contributed by atoms with van der Waals surface area (Å²) in [6.45, 7) is 8.62. The van der Waals surface area contributed by atoms with Crippen molar-refractivity contribution in [3.63, 3.8) is 0 Å². The van der Waals surface area contributed by atoms with E-state index in [2.05, 4.69) is 29.0 Å². The third-order valence-corrected chi connectivity index (χ3v) is 5.44. The molecule has 0 fully saturated rings. The molecule has 0 unspecified atom stereocenters. The van der Waals surface area contributed by atoms with Gasteiger partial charge in [0.15, 0.2) is 11.5 Å². The van der Waals surface area contributed by atoms with E-state index in [1.807, 2.05) is 32.0 Å². The Morgan fingerprint density at radius 1 is 0.971 bits per heavy atom. The molecule has 1 heterocycles. The summed E-state index contributed by atoms with van der Waals surface area (Å²) in [4.78, 5) is 37.5. The van der Waals surface area contributed by atoms with Crippen LogP contribution in [0.4, 0.5) is 0 Å². The zero-order valence-corrected chi connectivity index (χ0v) is 21.7. The number of carbonyl (C=O) groups is 3. The molecule has 192 valence electrons. The van der Waals surface area contributed by atoms with Crippen molar-refractivity contribution in [2.24, 2.45) is 11.8 Å². The van der Waals surface area contributed by atoms with Gasteiger partial charge in [0.1, 0.15) is 11.5 Å². The molecule has 1 aromatic carbocycles. The van der Waals surface area contributed by atoms with E-state index in [0.717, 1.165) is 0 Å². The van der Waals surface area contributed by atoms with Crippen LogP contribution in [-0.2, 0) is 20.9 Å². The number of methoxy groups -OCH3 is 3. The number of esters is 1. The van der Waals surface area contributed by atoms with Crippen molar-refractivity contribution >= 4 is 17.7 Å². The number of ether oxygens (including phenoxy) is 3. The number of hydrogen-bond acceptors (Lipinski definition) is 7. The molecular formula is C26H37N3O6. The van der Waals surface area contributed by atoms with Gasteiger partial charge in [-0.2, -0.15) is 5.10 Å². The van der Waals surface area contributed by atoms with Crippen molar-refractivity contribution in [1.29, 1.82) is 0 Å². The minimum Gasteiger partial charge on any atom is -0.496 e. The number of nitrogens with zero attached hydrogens (tertiary/aromatic N) is 2. The first kappa shape index (κ1) is 27.9. The summed E-state index contributed by atoms with van der Waals surface area (Å²) in [6.07, 6.45) is 0.419. The highest BCUT2D eigenvalue weighted by atomic mass is 16.5. The van der Waals surface area contributed by atoms with Crippen LogP contribution in [0.15, 0.2) is 24.3 Å². The summed E-state index contributed by atoms with van der Waals surface area (Å²) < 4.78 is 17.5. The number of rotatable bonds is 13. The van der Waals surface area contributed by atoms with E-state index in [9.17, 15) is 14.4 Å². The Bertz CT molecular complexity index is 1010. The molecule has 1 N–H and O–H groups in total. The Morgan fingerprint density at radius 3 is 2.11 bits per heavy atom. The Balaban J connectivity index is 2.41. The second-order valence-corrected chi connectivity index (χ2v) is 9.23. The number of nitrogens with one attached hydrogen (secondary N) is 1. The molecule has 35 heavy (non-hydrogen) atoms. The maximum absolute atomic E-state index is 13.2. The third-order valence-electron chi connectivity index (χ3n) is 5.44. The first-order valence-electron chi connectivity index (χ1n) is 11.8. The van der Waals surface area contributed by atoms with Gasteiger partial charge in [-0.05, 0) is 36.5 Å². The molecule has 2 rings (SSSR count). The van der Waals surface area contributed by atoms with Gasteiger partial charge in [-0.25, -0.2) is 0 Å². The maximum Gasteiger partial charge on any atom is 0.305 e. The second kappa shape index (κ2) is 12.9. The molecule has 9 heteroatoms. The van der Waals surface area contributed by atoms with E-state index < -0.39 is 17.9 Å². The lowest BCUT2D eigenvalue weighted by Gasteiger charge is -2.19. The number of amides is 1. The molecule has 0 radical (unpaired) electrons. The van der Waals surface area contributed by atoms with Gasteiger partial charge < -0.3 is 19.5 Å². The minimum absolute atomic E-state index is 0.00417. The van der Waals surface area contributed by atoms with Crippen LogP contribution < -0.4 is 14.8 Å². The van der Waals surface area contributed by atoms with Crippen LogP contribution in [0.1, 0.15) is 57.4 Å². The fourth-order valence-corrected chi connectivity index (χ4v) is 3.79. The van der Waals surface area contributed by atoms with E-state index >= 15 is 0 Å². The SMILES string of the molecule is COC(=O)CCC(=O)[C@H](CC(C)C)NC(=O)c1cc(-c2c(OC)cccc2OC)n(CC(C)C)n1. The van der Waals surface area contributed by atoms with Crippen LogP contribution >= 0.6 is 0 Å². The lowest BCUT2D eigenvalue weighted by Crippen LogP contribution is -2.42. The molecule has 1 atom stereocenters. The lowest BCUT2D eigenvalue weighted by molar-refractivity contribution is -0.142. The first-order valence-corrected chi connectivity index (χ1v) is 11.8. The highest BCUT2D eigenvalue weighted by Gasteiger charge is 2.26. The van der Waals surface area contributed by atoms with Gasteiger partial charge in [0.05, 0.1) is 45.0 Å². The summed E-state index contributed by atoms with van der Waals surface area (Å²) in [7, 11) is 4.43. The third kappa shape index (κ3) is 7.56. The van der Waals surface area contributed by atoms with Crippen LogP contribution in [-0.4, -0.2) is 54.8 Å². The van der Waals surface area contributed by atoms with E-state index in [-0.39, 0.29) is 36.2 Å². The van der Waals surface area contributed by atoms with Crippen LogP contribution in [0.25, 0.3) is 11.3 Å². The summed E-state index contributed by atoms with van der Waals surface area (Å²) in [5, 5.41) is 7.39. The summed E-state index contributed by atoms with van der Waals surface area (Å²) in [5.74, 6) is 0.475. The predicted molar refractivity (Wildman–Crippen MR) is 133 cm³/mol. The fourth-order valence-electron chi connectivity index (χ4n) is 3.79. The molecule has 1 amide bonds. The molecule has 2 aromatic rings. The molecule has 0 bridgehead atoms. The van der Waals surface area contributed by atoms with Gasteiger partial charge in [0.25, 0.3) is 5.91 Å². The van der Waals surface area contributed by atoms with Crippen LogP contribution in [0.3, 0.4) is 0 Å². The number of benzene rings is 1. The number of Topliss-reactive ketones (excluding diaryl/α,β-unsaturated/α-hetero) is 1. The van der Waals surface area contributed by atoms with Crippen molar-refractivity contribution in [3.8, 4) is 22.8 Å². The van der Waals surface area contributed by atoms with Crippen LogP contribution in [0, 0.1) is 11.8 Å². The highest BCUT2D eigenvalue weighted by Crippen LogP contribution is 2.38. The number of aromatic nitrogens is 2. The fraction of sp³-hybridized carbons (Fsp3) is 0.538. The second-order valence-electron chi connectivity index (χ2n) is 9.23. The molecular weight excluding hydrogens is 450 g/mol. The van der Waals surface area contributed by atoms with E-state index in [4.69, 9.17) is 9.47 Å². The Kier molecular flexibility index (Phi) is 10.3. The quantitative estimate of drug-likeness (QED) is 0.427. The first-order chi connectivity index (χ1) is 16.6. The summed E-state index contributed by atoms with van der Waals surface area (Å²) in [6, 6.07) is 6.43. The normalized spacial score (nSPS) is 11.9. The standard InChI is InChI=1S/C26H37N3O6/c1-16(2)13-18(21(30)11-12-24(31)35-7)27-26(32)19-14-20(29(28-19)15-17(3)4)25-22(33-5)9-8-10-23(25)34-6/h8-10,14,16-18H,11-13,15H2,1-7H3,(H,27,32)/t18-/m0/s1. The van der Waals surface area contributed by atoms with Gasteiger partial charge in [0, 0.05) is 13.0 Å². The minimum atomic E-state index is -0.730. The summed E-state index contributed by atoms with van der Waals surface area (Å²) in [5.41, 5.74) is 1.55. The van der Waals surface area contributed by atoms with Gasteiger partial charge in [-0.1, -0.05) is 33.8 Å². The topological polar surface area (TPSA) is 109 Å². The van der Waals surface area contributed by atoms with Crippen LogP contribution in [0.2, 0.25) is 0 Å². The monoisotopic (exact) mass is 487 g/mol. The van der Waals surface area contributed by atoms with Crippen molar-refractivity contribution in [2.75, 3.05) is 21.3 Å². The van der Waals surface area contributed by atoms with Gasteiger partial charge in [0.2, 0.25) is 0 Å². The lowest BCUT2D eigenvalue weighted by atomic mass is 9.97. The average molecular weight is 488 g/mol. The van der Waals surface area contributed by atoms with Gasteiger partial charge in [-0.15, -0.1) is 0 Å². The maximum atomic E-state index is 13.2. The van der Waals surface area contributed by atoms with E-state index in [0.29, 0.717) is 35.7 Å². The van der Waals surface area contributed by atoms with Crippen molar-refractivity contribution < 1.29 is 28.6 Å². The molecule has 0 saturated carbocycles. The van der Waals surface area contributed by atoms with Gasteiger partial charge >= 0.3 is 5.97 Å². The average Bonchev–Trinajstić information content (AvgIpc) is 3.23. The Labute approximate surface area is 207 Å². The number of carbonyl (C=O) groups excluding carboxylic acids is 3. The van der Waals surface area contributed by atoms with E-state index in [1.165, 1.54) is 7.11 Å². The summed E-state index contributed by atoms with van der Waals surface area (Å²) >= 11 is 0. The number of hydrogen-bond donors (Lipinski definition) is 1. The Morgan fingerprint density at radius 2 is 1.60 bits per heavy atom. The zero-order chi connectivity index (χ0) is 26.1. The molecule has 0 spiro atoms. The smallest absolute Gasteiger partial charge is 0.305 e. The van der Waals surface area contributed by atoms with Crippen LogP contribution in [0.5, 0.6) is 11.5 Å². The van der Waals surface area contributed by atoms with Crippen molar-refractivity contribution in [2.45, 2.75) is 59.5 Å². The van der Waals surface area contributed by atoms with Gasteiger partial charge in [-0.3, -0.25) is 19.1 Å². The number of ketones is 1. The molecule has 0 aliphatic rings.